The zero-order chi connectivity index (χ0) is 10.6. The number of nitrogen functional groups attached to an aromatic ring is 1. The van der Waals surface area contributed by atoms with Gasteiger partial charge >= 0.3 is 0 Å². The fraction of sp³-hybridized carbons (Fsp3) is 0.200. The van der Waals surface area contributed by atoms with E-state index in [1.807, 2.05) is 19.1 Å². The maximum Gasteiger partial charge on any atom is 0.157 e. The molecule has 0 fully saturated rings. The SMILES string of the molecule is C/C=C/COc1c(Cl)cc(N)cc1Cl. The van der Waals surface area contributed by atoms with Gasteiger partial charge < -0.3 is 10.5 Å². The molecule has 2 N–H and O–H groups in total. The lowest BCUT2D eigenvalue weighted by molar-refractivity contribution is 0.363. The molecule has 1 rings (SSSR count). The summed E-state index contributed by atoms with van der Waals surface area (Å²) < 4.78 is 5.36. The molecule has 0 bridgehead atoms. The monoisotopic (exact) mass is 231 g/mol. The van der Waals surface area contributed by atoms with Crippen LogP contribution in [0.25, 0.3) is 0 Å². The number of benzene rings is 1. The molecular formula is C10H11Cl2NO. The Morgan fingerprint density at radius 2 is 1.93 bits per heavy atom. The highest BCUT2D eigenvalue weighted by atomic mass is 35.5. The number of nitrogens with two attached hydrogens (primary N) is 1. The van der Waals surface area contributed by atoms with E-state index in [-0.39, 0.29) is 0 Å². The van der Waals surface area contributed by atoms with Crippen molar-refractivity contribution < 1.29 is 4.74 Å². The van der Waals surface area contributed by atoms with Crippen molar-refractivity contribution in [3.05, 3.63) is 34.3 Å². The topological polar surface area (TPSA) is 35.2 Å². The molecule has 0 aliphatic heterocycles. The van der Waals surface area contributed by atoms with Crippen LogP contribution >= 0.6 is 23.2 Å². The predicted molar refractivity (Wildman–Crippen MR) is 61.2 cm³/mol. The standard InChI is InChI=1S/C10H11Cl2NO/c1-2-3-4-14-10-8(11)5-7(13)6-9(10)12/h2-3,5-6H,4,13H2,1H3/b3-2+. The summed E-state index contributed by atoms with van der Waals surface area (Å²) in [5.41, 5.74) is 6.07. The summed E-state index contributed by atoms with van der Waals surface area (Å²) in [5, 5.41) is 0.860. The zero-order valence-electron chi connectivity index (χ0n) is 7.76. The van der Waals surface area contributed by atoms with E-state index in [0.717, 1.165) is 0 Å². The van der Waals surface area contributed by atoms with Crippen molar-refractivity contribution in [3.8, 4) is 5.75 Å². The van der Waals surface area contributed by atoms with Gasteiger partial charge in [-0.3, -0.25) is 0 Å². The molecule has 0 aromatic heterocycles. The minimum atomic E-state index is 0.430. The molecule has 0 saturated carbocycles. The van der Waals surface area contributed by atoms with Crippen LogP contribution in [0.2, 0.25) is 10.0 Å². The Labute approximate surface area is 93.3 Å². The molecule has 1 aromatic rings. The first-order valence-corrected chi connectivity index (χ1v) is 4.89. The molecule has 0 unspecified atom stereocenters. The molecule has 0 saturated heterocycles. The molecule has 0 radical (unpaired) electrons. The van der Waals surface area contributed by atoms with Crippen molar-refractivity contribution in [1.82, 2.24) is 0 Å². The third-order valence-electron chi connectivity index (χ3n) is 1.58. The van der Waals surface area contributed by atoms with Crippen LogP contribution in [0, 0.1) is 0 Å². The second-order valence-electron chi connectivity index (χ2n) is 2.69. The molecule has 2 nitrogen and oxygen atoms in total. The van der Waals surface area contributed by atoms with Crippen LogP contribution in [0.5, 0.6) is 5.75 Å². The van der Waals surface area contributed by atoms with Gasteiger partial charge in [0.1, 0.15) is 6.61 Å². The highest BCUT2D eigenvalue weighted by Crippen LogP contribution is 2.34. The fourth-order valence-corrected chi connectivity index (χ4v) is 1.56. The van der Waals surface area contributed by atoms with Crippen molar-refractivity contribution in [2.45, 2.75) is 6.92 Å². The van der Waals surface area contributed by atoms with Gasteiger partial charge in [-0.05, 0) is 19.1 Å². The average Bonchev–Trinajstić information content (AvgIpc) is 2.09. The van der Waals surface area contributed by atoms with Crippen molar-refractivity contribution in [1.29, 1.82) is 0 Å². The van der Waals surface area contributed by atoms with Gasteiger partial charge in [0.2, 0.25) is 0 Å². The third-order valence-corrected chi connectivity index (χ3v) is 2.14. The number of anilines is 1. The van der Waals surface area contributed by atoms with Crippen LogP contribution in [0.1, 0.15) is 6.92 Å². The van der Waals surface area contributed by atoms with Crippen LogP contribution in [0.15, 0.2) is 24.3 Å². The first-order valence-electron chi connectivity index (χ1n) is 4.13. The highest BCUT2D eigenvalue weighted by Gasteiger charge is 2.07. The lowest BCUT2D eigenvalue weighted by Crippen LogP contribution is -1.96. The van der Waals surface area contributed by atoms with Crippen molar-refractivity contribution in [3.63, 3.8) is 0 Å². The summed E-state index contributed by atoms with van der Waals surface area (Å²) in [6.07, 6.45) is 3.75. The van der Waals surface area contributed by atoms with Crippen molar-refractivity contribution in [2.24, 2.45) is 0 Å². The maximum atomic E-state index is 5.90. The number of hydrogen-bond acceptors (Lipinski definition) is 2. The summed E-state index contributed by atoms with van der Waals surface area (Å²) in [6.45, 7) is 2.36. The van der Waals surface area contributed by atoms with E-state index in [1.54, 1.807) is 12.1 Å². The zero-order valence-corrected chi connectivity index (χ0v) is 9.27. The summed E-state index contributed by atoms with van der Waals surface area (Å²) in [4.78, 5) is 0. The molecule has 0 spiro atoms. The Bertz CT molecular complexity index is 327. The van der Waals surface area contributed by atoms with E-state index in [1.165, 1.54) is 0 Å². The van der Waals surface area contributed by atoms with E-state index < -0.39 is 0 Å². The first-order chi connectivity index (χ1) is 6.65. The van der Waals surface area contributed by atoms with Crippen LogP contribution < -0.4 is 10.5 Å². The average molecular weight is 232 g/mol. The number of allylic oxidation sites excluding steroid dienone is 1. The summed E-state index contributed by atoms with van der Waals surface area (Å²) >= 11 is 11.8. The quantitative estimate of drug-likeness (QED) is 0.639. The molecule has 1 aromatic carbocycles. The van der Waals surface area contributed by atoms with Gasteiger partial charge in [-0.15, -0.1) is 0 Å². The van der Waals surface area contributed by atoms with Gasteiger partial charge in [0.15, 0.2) is 5.75 Å². The Kier molecular flexibility index (Phi) is 4.11. The van der Waals surface area contributed by atoms with Crippen LogP contribution in [-0.2, 0) is 0 Å². The predicted octanol–water partition coefficient (Wildman–Crippen LogP) is 3.53. The molecule has 0 aliphatic rings. The largest absolute Gasteiger partial charge is 0.486 e. The van der Waals surface area contributed by atoms with Crippen molar-refractivity contribution in [2.75, 3.05) is 12.3 Å². The maximum absolute atomic E-state index is 5.90. The lowest BCUT2D eigenvalue weighted by atomic mass is 10.3. The summed E-state index contributed by atoms with van der Waals surface area (Å²) in [7, 11) is 0. The first kappa shape index (κ1) is 11.2. The number of rotatable bonds is 3. The second kappa shape index (κ2) is 5.13. The Morgan fingerprint density at radius 3 is 2.43 bits per heavy atom. The van der Waals surface area contributed by atoms with Gasteiger partial charge in [-0.2, -0.15) is 0 Å². The van der Waals surface area contributed by atoms with E-state index in [4.69, 9.17) is 33.7 Å². The van der Waals surface area contributed by atoms with E-state index >= 15 is 0 Å². The Hall–Kier alpha value is -0.860. The number of halogens is 2. The normalized spacial score (nSPS) is 10.8. The Balaban J connectivity index is 2.85. The van der Waals surface area contributed by atoms with Gasteiger partial charge in [-0.25, -0.2) is 0 Å². The molecule has 0 heterocycles. The smallest absolute Gasteiger partial charge is 0.157 e. The lowest BCUT2D eigenvalue weighted by Gasteiger charge is -2.08. The molecule has 4 heteroatoms. The van der Waals surface area contributed by atoms with Crippen LogP contribution in [0.3, 0.4) is 0 Å². The summed E-state index contributed by atoms with van der Waals surface area (Å²) in [5.74, 6) is 0.473. The minimum absolute atomic E-state index is 0.430. The van der Waals surface area contributed by atoms with Crippen molar-refractivity contribution >= 4 is 28.9 Å². The van der Waals surface area contributed by atoms with Gasteiger partial charge in [0.25, 0.3) is 0 Å². The number of ether oxygens (including phenoxy) is 1. The third kappa shape index (κ3) is 2.82. The minimum Gasteiger partial charge on any atom is -0.486 e. The van der Waals surface area contributed by atoms with E-state index in [0.29, 0.717) is 28.1 Å². The van der Waals surface area contributed by atoms with E-state index in [2.05, 4.69) is 0 Å². The van der Waals surface area contributed by atoms with Gasteiger partial charge in [-0.1, -0.05) is 35.4 Å². The molecule has 0 amide bonds. The molecule has 76 valence electrons. The van der Waals surface area contributed by atoms with E-state index in [9.17, 15) is 0 Å². The van der Waals surface area contributed by atoms with Gasteiger partial charge in [0.05, 0.1) is 10.0 Å². The van der Waals surface area contributed by atoms with Crippen LogP contribution in [0.4, 0.5) is 5.69 Å². The second-order valence-corrected chi connectivity index (χ2v) is 3.51. The molecule has 0 atom stereocenters. The molecule has 14 heavy (non-hydrogen) atoms. The molecular weight excluding hydrogens is 221 g/mol. The fourth-order valence-electron chi connectivity index (χ4n) is 0.945. The molecule has 0 aliphatic carbocycles. The van der Waals surface area contributed by atoms with Crippen LogP contribution in [-0.4, -0.2) is 6.61 Å². The number of hydrogen-bond donors (Lipinski definition) is 1. The Morgan fingerprint density at radius 1 is 1.36 bits per heavy atom. The highest BCUT2D eigenvalue weighted by molar-refractivity contribution is 6.37. The van der Waals surface area contributed by atoms with Gasteiger partial charge in [0, 0.05) is 5.69 Å². The summed E-state index contributed by atoms with van der Waals surface area (Å²) in [6, 6.07) is 3.22.